The smallest absolute Gasteiger partial charge is 0.325 e. The Hall–Kier alpha value is -0.650. The van der Waals surface area contributed by atoms with Crippen molar-refractivity contribution in [3.63, 3.8) is 0 Å². The molecule has 1 N–H and O–H groups in total. The van der Waals surface area contributed by atoms with Crippen LogP contribution in [0.3, 0.4) is 0 Å². The van der Waals surface area contributed by atoms with Crippen LogP contribution in [0, 0.1) is 0 Å². The van der Waals surface area contributed by atoms with Gasteiger partial charge < -0.3 is 10.1 Å². The third-order valence-corrected chi connectivity index (χ3v) is 4.92. The number of esters is 1. The molecule has 4 unspecified atom stereocenters. The second-order valence-electron chi connectivity index (χ2n) is 6.72. The van der Waals surface area contributed by atoms with Crippen molar-refractivity contribution in [2.75, 3.05) is 33.8 Å². The second kappa shape index (κ2) is 7.56. The topological polar surface area (TPSA) is 44.8 Å². The van der Waals surface area contributed by atoms with Gasteiger partial charge in [-0.2, -0.15) is 0 Å². The molecule has 0 bridgehead atoms. The molecule has 1 fully saturated rings. The number of hydrogen-bond donors (Lipinski definition) is 1. The first kappa shape index (κ1) is 18.4. The summed E-state index contributed by atoms with van der Waals surface area (Å²) in [6.07, 6.45) is 0.761. The number of nitrogens with one attached hydrogen (secondary N) is 1. The van der Waals surface area contributed by atoms with Crippen molar-refractivity contribution in [1.29, 1.82) is 0 Å². The van der Waals surface area contributed by atoms with Gasteiger partial charge in [-0.1, -0.05) is 6.92 Å². The van der Waals surface area contributed by atoms with Gasteiger partial charge in [0.2, 0.25) is 0 Å². The summed E-state index contributed by atoms with van der Waals surface area (Å²) in [5.74, 6) is -0.175. The highest BCUT2D eigenvalue weighted by atomic mass is 16.5. The van der Waals surface area contributed by atoms with Crippen LogP contribution in [0.25, 0.3) is 0 Å². The van der Waals surface area contributed by atoms with E-state index in [4.69, 9.17) is 4.74 Å². The number of ether oxygens (including phenoxy) is 1. The summed E-state index contributed by atoms with van der Waals surface area (Å²) in [4.78, 5) is 17.0. The normalized spacial score (nSPS) is 28.9. The zero-order chi connectivity index (χ0) is 16.2. The van der Waals surface area contributed by atoms with Crippen LogP contribution in [0.4, 0.5) is 0 Å². The van der Waals surface area contributed by atoms with E-state index in [0.29, 0.717) is 18.1 Å². The van der Waals surface area contributed by atoms with Crippen molar-refractivity contribution in [3.05, 3.63) is 0 Å². The predicted molar refractivity (Wildman–Crippen MR) is 86.4 cm³/mol. The maximum absolute atomic E-state index is 12.1. The lowest BCUT2D eigenvalue weighted by atomic mass is 9.91. The molecule has 0 aliphatic carbocycles. The number of carbonyl (C=O) groups excluding carboxylic acids is 1. The second-order valence-corrected chi connectivity index (χ2v) is 6.72. The van der Waals surface area contributed by atoms with Crippen molar-refractivity contribution < 1.29 is 9.53 Å². The Labute approximate surface area is 130 Å². The average molecular weight is 299 g/mol. The summed E-state index contributed by atoms with van der Waals surface area (Å²) in [6, 6.07) is 1.42. The van der Waals surface area contributed by atoms with Crippen molar-refractivity contribution in [2.24, 2.45) is 0 Å². The molecule has 1 rings (SSSR count). The van der Waals surface area contributed by atoms with E-state index in [1.165, 1.54) is 7.11 Å². The molecule has 21 heavy (non-hydrogen) atoms. The third kappa shape index (κ3) is 4.41. The Morgan fingerprint density at radius 3 is 2.33 bits per heavy atom. The summed E-state index contributed by atoms with van der Waals surface area (Å²) in [7, 11) is 3.65. The van der Waals surface area contributed by atoms with Gasteiger partial charge in [-0.25, -0.2) is 0 Å². The number of hydrogen-bond acceptors (Lipinski definition) is 5. The number of piperazine rings is 1. The molecule has 4 atom stereocenters. The van der Waals surface area contributed by atoms with Crippen LogP contribution in [-0.4, -0.2) is 73.2 Å². The molecule has 0 spiro atoms. The fourth-order valence-corrected chi connectivity index (χ4v) is 3.37. The molecule has 0 aromatic rings. The van der Waals surface area contributed by atoms with E-state index in [-0.39, 0.29) is 5.97 Å². The van der Waals surface area contributed by atoms with Crippen LogP contribution in [0.1, 0.15) is 41.0 Å². The van der Waals surface area contributed by atoms with Gasteiger partial charge in [-0.15, -0.1) is 0 Å². The Morgan fingerprint density at radius 2 is 1.90 bits per heavy atom. The van der Waals surface area contributed by atoms with Crippen LogP contribution < -0.4 is 5.32 Å². The molecule has 5 nitrogen and oxygen atoms in total. The number of rotatable bonds is 6. The zero-order valence-electron chi connectivity index (χ0n) is 14.8. The van der Waals surface area contributed by atoms with Gasteiger partial charge in [0.25, 0.3) is 0 Å². The molecule has 0 aromatic carbocycles. The molecule has 124 valence electrons. The fourth-order valence-electron chi connectivity index (χ4n) is 3.37. The van der Waals surface area contributed by atoms with Gasteiger partial charge in [0.1, 0.15) is 5.54 Å². The molecular weight excluding hydrogens is 266 g/mol. The minimum absolute atomic E-state index is 0.175. The quantitative estimate of drug-likeness (QED) is 0.750. The van der Waals surface area contributed by atoms with E-state index < -0.39 is 5.54 Å². The molecule has 1 aliphatic rings. The molecule has 5 heteroatoms. The van der Waals surface area contributed by atoms with Gasteiger partial charge in [0.15, 0.2) is 0 Å². The lowest BCUT2D eigenvalue weighted by Gasteiger charge is -2.46. The monoisotopic (exact) mass is 299 g/mol. The first-order chi connectivity index (χ1) is 9.75. The molecule has 0 aromatic heterocycles. The molecular formula is C16H33N3O2. The highest BCUT2D eigenvalue weighted by Gasteiger charge is 2.38. The van der Waals surface area contributed by atoms with E-state index in [0.717, 1.165) is 26.1 Å². The molecule has 1 aliphatic heterocycles. The predicted octanol–water partition coefficient (Wildman–Crippen LogP) is 1.33. The summed E-state index contributed by atoms with van der Waals surface area (Å²) >= 11 is 0. The minimum atomic E-state index is -0.612. The first-order valence-corrected chi connectivity index (χ1v) is 8.04. The summed E-state index contributed by atoms with van der Waals surface area (Å²) in [6.45, 7) is 13.6. The van der Waals surface area contributed by atoms with Gasteiger partial charge in [0.05, 0.1) is 7.11 Å². The van der Waals surface area contributed by atoms with E-state index in [9.17, 15) is 4.79 Å². The highest BCUT2D eigenvalue weighted by Crippen LogP contribution is 2.22. The maximum Gasteiger partial charge on any atom is 0.325 e. The summed E-state index contributed by atoms with van der Waals surface area (Å²) in [5, 5.41) is 3.30. The van der Waals surface area contributed by atoms with Gasteiger partial charge in [-0.05, 0) is 47.7 Å². The van der Waals surface area contributed by atoms with Crippen molar-refractivity contribution in [2.45, 2.75) is 64.7 Å². The van der Waals surface area contributed by atoms with E-state index in [2.05, 4.69) is 42.9 Å². The molecule has 0 amide bonds. The third-order valence-electron chi connectivity index (χ3n) is 4.92. The van der Waals surface area contributed by atoms with E-state index in [1.807, 2.05) is 13.8 Å². The van der Waals surface area contributed by atoms with Crippen molar-refractivity contribution >= 4 is 5.97 Å². The lowest BCUT2D eigenvalue weighted by molar-refractivity contribution is -0.149. The standard InChI is InChI=1S/C16H33N3O2/c1-8-17-16(5,15(20)21-7)9-12(2)19-10-13(3)18(6)14(4)11-19/h12-14,17H,8-11H2,1-7H3. The lowest BCUT2D eigenvalue weighted by Crippen LogP contribution is -2.60. The van der Waals surface area contributed by atoms with Crippen LogP contribution in [-0.2, 0) is 9.53 Å². The summed E-state index contributed by atoms with van der Waals surface area (Å²) < 4.78 is 4.99. The van der Waals surface area contributed by atoms with Crippen LogP contribution in [0.2, 0.25) is 0 Å². The van der Waals surface area contributed by atoms with Crippen molar-refractivity contribution in [3.8, 4) is 0 Å². The Balaban J connectivity index is 2.73. The number of carbonyl (C=O) groups is 1. The van der Waals surface area contributed by atoms with Crippen LogP contribution in [0.15, 0.2) is 0 Å². The van der Waals surface area contributed by atoms with Crippen LogP contribution >= 0.6 is 0 Å². The van der Waals surface area contributed by atoms with Gasteiger partial charge in [0, 0.05) is 31.2 Å². The van der Waals surface area contributed by atoms with E-state index in [1.54, 1.807) is 0 Å². The minimum Gasteiger partial charge on any atom is -0.468 e. The van der Waals surface area contributed by atoms with Gasteiger partial charge >= 0.3 is 5.97 Å². The zero-order valence-corrected chi connectivity index (χ0v) is 14.8. The maximum atomic E-state index is 12.1. The average Bonchev–Trinajstić information content (AvgIpc) is 2.43. The fraction of sp³-hybridized carbons (Fsp3) is 0.938. The summed E-state index contributed by atoms with van der Waals surface area (Å²) in [5.41, 5.74) is -0.612. The number of nitrogens with zero attached hydrogens (tertiary/aromatic N) is 2. The number of methoxy groups -OCH3 is 1. The van der Waals surface area contributed by atoms with Gasteiger partial charge in [-0.3, -0.25) is 14.6 Å². The molecule has 1 saturated heterocycles. The first-order valence-electron chi connectivity index (χ1n) is 8.04. The Morgan fingerprint density at radius 1 is 1.38 bits per heavy atom. The highest BCUT2D eigenvalue weighted by molar-refractivity contribution is 5.80. The Kier molecular flexibility index (Phi) is 6.63. The largest absolute Gasteiger partial charge is 0.468 e. The van der Waals surface area contributed by atoms with Crippen LogP contribution in [0.5, 0.6) is 0 Å². The molecule has 0 radical (unpaired) electrons. The molecule has 1 heterocycles. The van der Waals surface area contributed by atoms with Crippen molar-refractivity contribution in [1.82, 2.24) is 15.1 Å². The Bertz CT molecular complexity index is 338. The SMILES string of the molecule is CCNC(C)(CC(C)N1CC(C)N(C)C(C)C1)C(=O)OC. The molecule has 0 saturated carbocycles. The number of likely N-dealkylation sites (N-methyl/N-ethyl adjacent to an activating group) is 2. The van der Waals surface area contributed by atoms with E-state index >= 15 is 0 Å².